The number of unbranched alkanes of at least 4 members (excludes halogenated alkanes) is 2. The monoisotopic (exact) mass is 250 g/mol. The van der Waals surface area contributed by atoms with Crippen molar-refractivity contribution in [1.82, 2.24) is 5.32 Å². The molecule has 17 heavy (non-hydrogen) atoms. The minimum absolute atomic E-state index is 1.03. The molecule has 0 aliphatic rings. The number of hydrogen-bond donors (Lipinski definition) is 2. The topological polar surface area (TPSA) is 24.1 Å². The van der Waals surface area contributed by atoms with E-state index in [0.717, 1.165) is 13.1 Å². The van der Waals surface area contributed by atoms with Gasteiger partial charge in [-0.25, -0.2) is 0 Å². The fraction of sp³-hybridized carbons (Fsp3) is 0.429. The zero-order chi connectivity index (χ0) is 12.3. The molecule has 0 saturated heterocycles. The summed E-state index contributed by atoms with van der Waals surface area (Å²) in [6.07, 6.45) is 7.52. The molecule has 0 fully saturated rings. The minimum Gasteiger partial charge on any atom is -0.391 e. The van der Waals surface area contributed by atoms with Gasteiger partial charge >= 0.3 is 0 Å². The molecule has 0 heterocycles. The summed E-state index contributed by atoms with van der Waals surface area (Å²) in [7, 11) is 0. The Morgan fingerprint density at radius 1 is 1.12 bits per heavy atom. The lowest BCUT2D eigenvalue weighted by Gasteiger charge is -2.07. The van der Waals surface area contributed by atoms with Gasteiger partial charge in [0.05, 0.1) is 0 Å². The molecule has 0 aliphatic heterocycles. The second-order valence-electron chi connectivity index (χ2n) is 3.87. The van der Waals surface area contributed by atoms with Crippen molar-refractivity contribution in [2.45, 2.75) is 24.2 Å². The van der Waals surface area contributed by atoms with E-state index in [9.17, 15) is 0 Å². The first-order valence-corrected chi connectivity index (χ1v) is 7.31. The number of thioether (sulfide) groups is 1. The van der Waals surface area contributed by atoms with Crippen LogP contribution in [0, 0.1) is 0 Å². The largest absolute Gasteiger partial charge is 0.391 e. The predicted molar refractivity (Wildman–Crippen MR) is 78.8 cm³/mol. The van der Waals surface area contributed by atoms with Crippen LogP contribution < -0.4 is 10.6 Å². The van der Waals surface area contributed by atoms with Crippen molar-refractivity contribution in [2.24, 2.45) is 0 Å². The molecule has 1 aromatic carbocycles. The van der Waals surface area contributed by atoms with Gasteiger partial charge < -0.3 is 10.6 Å². The highest BCUT2D eigenvalue weighted by atomic mass is 32.2. The van der Waals surface area contributed by atoms with Crippen LogP contribution in [0.4, 0.5) is 5.69 Å². The van der Waals surface area contributed by atoms with E-state index in [1.807, 2.05) is 0 Å². The van der Waals surface area contributed by atoms with E-state index in [2.05, 4.69) is 47.7 Å². The van der Waals surface area contributed by atoms with Gasteiger partial charge in [-0.1, -0.05) is 6.58 Å². The highest BCUT2D eigenvalue weighted by molar-refractivity contribution is 7.98. The van der Waals surface area contributed by atoms with Crippen LogP contribution in [-0.4, -0.2) is 19.3 Å². The number of rotatable bonds is 9. The summed E-state index contributed by atoms with van der Waals surface area (Å²) in [4.78, 5) is 1.31. The van der Waals surface area contributed by atoms with Crippen molar-refractivity contribution < 1.29 is 0 Å². The van der Waals surface area contributed by atoms with Crippen LogP contribution in [0.2, 0.25) is 0 Å². The third-order valence-electron chi connectivity index (χ3n) is 2.56. The average molecular weight is 250 g/mol. The summed E-state index contributed by atoms with van der Waals surface area (Å²) in [5.74, 6) is 0. The third kappa shape index (κ3) is 6.27. The molecule has 1 rings (SSSR count). The average Bonchev–Trinajstić information content (AvgIpc) is 2.38. The van der Waals surface area contributed by atoms with E-state index in [-0.39, 0.29) is 0 Å². The molecule has 0 aromatic heterocycles. The van der Waals surface area contributed by atoms with E-state index >= 15 is 0 Å². The SMILES string of the molecule is C=CNCCCCCNc1ccc(SC)cc1. The Labute approximate surface area is 109 Å². The van der Waals surface area contributed by atoms with Gasteiger partial charge in [-0.2, -0.15) is 0 Å². The normalized spacial score (nSPS) is 9.94. The fourth-order valence-corrected chi connectivity index (χ4v) is 1.98. The Bertz CT molecular complexity index is 309. The highest BCUT2D eigenvalue weighted by Crippen LogP contribution is 2.17. The number of anilines is 1. The van der Waals surface area contributed by atoms with E-state index < -0.39 is 0 Å². The Balaban J connectivity index is 2.07. The van der Waals surface area contributed by atoms with Crippen molar-refractivity contribution in [3.05, 3.63) is 37.0 Å². The molecule has 0 bridgehead atoms. The summed E-state index contributed by atoms with van der Waals surface area (Å²) in [6.45, 7) is 5.71. The van der Waals surface area contributed by atoms with Gasteiger partial charge in [0.15, 0.2) is 0 Å². The molecule has 0 atom stereocenters. The van der Waals surface area contributed by atoms with Crippen LogP contribution >= 0.6 is 11.8 Å². The van der Waals surface area contributed by atoms with Crippen molar-refractivity contribution in [3.8, 4) is 0 Å². The maximum absolute atomic E-state index is 3.62. The van der Waals surface area contributed by atoms with E-state index in [4.69, 9.17) is 0 Å². The van der Waals surface area contributed by atoms with Crippen LogP contribution in [0.15, 0.2) is 41.9 Å². The maximum Gasteiger partial charge on any atom is 0.0340 e. The zero-order valence-electron chi connectivity index (χ0n) is 10.5. The van der Waals surface area contributed by atoms with E-state index in [1.165, 1.54) is 29.8 Å². The van der Waals surface area contributed by atoms with E-state index in [1.54, 1.807) is 18.0 Å². The lowest BCUT2D eigenvalue weighted by molar-refractivity contribution is 0.670. The van der Waals surface area contributed by atoms with Gasteiger partial charge in [-0.15, -0.1) is 11.8 Å². The number of benzene rings is 1. The molecule has 0 aliphatic carbocycles. The Kier molecular flexibility index (Phi) is 7.39. The van der Waals surface area contributed by atoms with Crippen LogP contribution in [0.25, 0.3) is 0 Å². The van der Waals surface area contributed by atoms with Gasteiger partial charge in [0.2, 0.25) is 0 Å². The van der Waals surface area contributed by atoms with Gasteiger partial charge in [0.1, 0.15) is 0 Å². The lowest BCUT2D eigenvalue weighted by Crippen LogP contribution is -2.07. The molecule has 0 radical (unpaired) electrons. The van der Waals surface area contributed by atoms with Crippen molar-refractivity contribution >= 4 is 17.4 Å². The van der Waals surface area contributed by atoms with Gasteiger partial charge in [0, 0.05) is 23.7 Å². The van der Waals surface area contributed by atoms with Crippen molar-refractivity contribution in [2.75, 3.05) is 24.7 Å². The predicted octanol–water partition coefficient (Wildman–Crippen LogP) is 3.72. The quantitative estimate of drug-likeness (QED) is 0.516. The summed E-state index contributed by atoms with van der Waals surface area (Å²) in [6, 6.07) is 8.60. The molecule has 0 saturated carbocycles. The maximum atomic E-state index is 3.62. The van der Waals surface area contributed by atoms with Gasteiger partial charge in [0.25, 0.3) is 0 Å². The molecule has 1 aromatic rings. The second kappa shape index (κ2) is 8.99. The summed E-state index contributed by atoms with van der Waals surface area (Å²) >= 11 is 1.77. The van der Waals surface area contributed by atoms with Crippen LogP contribution in [0.3, 0.4) is 0 Å². The molecule has 94 valence electrons. The van der Waals surface area contributed by atoms with Gasteiger partial charge in [-0.05, 0) is 56.0 Å². The third-order valence-corrected chi connectivity index (χ3v) is 3.30. The first-order valence-electron chi connectivity index (χ1n) is 6.09. The molecule has 0 spiro atoms. The molecule has 0 amide bonds. The standard InChI is InChI=1S/C14H22N2S/c1-3-15-11-5-4-6-12-16-13-7-9-14(17-2)10-8-13/h3,7-10,15-16H,1,4-6,11-12H2,2H3. The summed E-state index contributed by atoms with van der Waals surface area (Å²) in [5.41, 5.74) is 1.21. The van der Waals surface area contributed by atoms with Crippen LogP contribution in [0.1, 0.15) is 19.3 Å². The highest BCUT2D eigenvalue weighted by Gasteiger charge is 1.93. The van der Waals surface area contributed by atoms with E-state index in [0.29, 0.717) is 0 Å². The van der Waals surface area contributed by atoms with Crippen molar-refractivity contribution in [3.63, 3.8) is 0 Å². The molecule has 2 N–H and O–H groups in total. The molecule has 2 nitrogen and oxygen atoms in total. The van der Waals surface area contributed by atoms with Crippen LogP contribution in [0.5, 0.6) is 0 Å². The lowest BCUT2D eigenvalue weighted by atomic mass is 10.2. The molecular formula is C14H22N2S. The number of nitrogens with one attached hydrogen (secondary N) is 2. The van der Waals surface area contributed by atoms with Gasteiger partial charge in [-0.3, -0.25) is 0 Å². The Morgan fingerprint density at radius 2 is 1.82 bits per heavy atom. The number of hydrogen-bond acceptors (Lipinski definition) is 3. The summed E-state index contributed by atoms with van der Waals surface area (Å²) < 4.78 is 0. The molecule has 0 unspecified atom stereocenters. The molecule has 3 heteroatoms. The molecular weight excluding hydrogens is 228 g/mol. The summed E-state index contributed by atoms with van der Waals surface area (Å²) in [5, 5.41) is 6.55. The second-order valence-corrected chi connectivity index (χ2v) is 4.75. The Morgan fingerprint density at radius 3 is 2.47 bits per heavy atom. The fourth-order valence-electron chi connectivity index (χ4n) is 1.57. The first kappa shape index (κ1) is 14.0. The smallest absolute Gasteiger partial charge is 0.0340 e. The first-order chi connectivity index (χ1) is 8.36. The minimum atomic E-state index is 1.03. The zero-order valence-corrected chi connectivity index (χ0v) is 11.4. The van der Waals surface area contributed by atoms with Crippen LogP contribution in [-0.2, 0) is 0 Å². The Hall–Kier alpha value is -1.09. The van der Waals surface area contributed by atoms with Crippen molar-refractivity contribution in [1.29, 1.82) is 0 Å².